The first-order valence-corrected chi connectivity index (χ1v) is 10.4. The maximum Gasteiger partial charge on any atom is -0.0380 e. The van der Waals surface area contributed by atoms with Crippen LogP contribution in [0.2, 0.25) is 0 Å². The zero-order chi connectivity index (χ0) is 14.1. The van der Waals surface area contributed by atoms with Gasteiger partial charge in [0.1, 0.15) is 0 Å². The predicted molar refractivity (Wildman–Crippen MR) is 90.2 cm³/mol. The molecule has 0 N–H and O–H groups in total. The van der Waals surface area contributed by atoms with Gasteiger partial charge in [0.05, 0.1) is 0 Å². The van der Waals surface area contributed by atoms with Gasteiger partial charge in [-0.3, -0.25) is 0 Å². The van der Waals surface area contributed by atoms with Crippen molar-refractivity contribution in [3.63, 3.8) is 0 Å². The van der Waals surface area contributed by atoms with Crippen LogP contribution in [0.15, 0.2) is 0 Å². The minimum Gasteiger partial charge on any atom is -0.0533 e. The van der Waals surface area contributed by atoms with Crippen LogP contribution in [-0.4, -0.2) is 0 Å². The average molecular weight is 289 g/mol. The molecule has 0 aromatic heterocycles. The topological polar surface area (TPSA) is 0 Å². The van der Waals surface area contributed by atoms with Gasteiger partial charge < -0.3 is 0 Å². The van der Waals surface area contributed by atoms with Crippen LogP contribution in [-0.2, 0) is 0 Å². The van der Waals surface area contributed by atoms with Gasteiger partial charge in [-0.25, -0.2) is 0 Å². The third-order valence-corrected chi connectivity index (χ3v) is 8.02. The monoisotopic (exact) mass is 288 g/mol. The Labute approximate surface area is 132 Å². The molecule has 0 spiro atoms. The van der Waals surface area contributed by atoms with Gasteiger partial charge in [0, 0.05) is 0 Å². The van der Waals surface area contributed by atoms with Crippen LogP contribution in [0, 0.1) is 35.5 Å². The van der Waals surface area contributed by atoms with Gasteiger partial charge in [0.25, 0.3) is 0 Å². The van der Waals surface area contributed by atoms with E-state index in [1.807, 2.05) is 0 Å². The summed E-state index contributed by atoms with van der Waals surface area (Å²) in [7, 11) is 0. The minimum atomic E-state index is 1.13. The van der Waals surface area contributed by atoms with E-state index in [0.717, 1.165) is 35.5 Å². The van der Waals surface area contributed by atoms with Crippen molar-refractivity contribution in [2.24, 2.45) is 35.5 Å². The highest BCUT2D eigenvalue weighted by atomic mass is 14.5. The summed E-state index contributed by atoms with van der Waals surface area (Å²) in [5.41, 5.74) is 0. The largest absolute Gasteiger partial charge is 0.0533 e. The molecule has 4 aliphatic carbocycles. The first-order chi connectivity index (χ1) is 10.4. The van der Waals surface area contributed by atoms with E-state index in [1.54, 1.807) is 83.5 Å². The Kier molecular flexibility index (Phi) is 4.60. The molecule has 0 aromatic carbocycles. The molecule has 120 valence electrons. The van der Waals surface area contributed by atoms with Crippen LogP contribution in [0.4, 0.5) is 0 Å². The van der Waals surface area contributed by atoms with Crippen LogP contribution in [0.3, 0.4) is 0 Å². The Balaban J connectivity index is 1.22. The molecule has 2 atom stereocenters. The van der Waals surface area contributed by atoms with Crippen molar-refractivity contribution in [1.29, 1.82) is 0 Å². The predicted octanol–water partition coefficient (Wildman–Crippen LogP) is 6.59. The molecule has 0 aliphatic heterocycles. The molecule has 0 amide bonds. The van der Waals surface area contributed by atoms with E-state index in [-0.39, 0.29) is 0 Å². The third kappa shape index (κ3) is 3.20. The summed E-state index contributed by atoms with van der Waals surface area (Å²) in [4.78, 5) is 0. The number of hydrogen-bond donors (Lipinski definition) is 0. The van der Waals surface area contributed by atoms with Crippen molar-refractivity contribution in [3.8, 4) is 0 Å². The maximum atomic E-state index is 1.63. The molecule has 2 unspecified atom stereocenters. The summed E-state index contributed by atoms with van der Waals surface area (Å²) in [5.74, 6) is 6.89. The van der Waals surface area contributed by atoms with E-state index >= 15 is 0 Å². The summed E-state index contributed by atoms with van der Waals surface area (Å²) in [6, 6.07) is 0. The summed E-state index contributed by atoms with van der Waals surface area (Å²) in [6.45, 7) is 0. The second kappa shape index (κ2) is 6.63. The van der Waals surface area contributed by atoms with Crippen LogP contribution in [0.5, 0.6) is 0 Å². The summed E-state index contributed by atoms with van der Waals surface area (Å²) < 4.78 is 0. The standard InChI is InChI=1S/C21H36/c1-2-4-8-17(7-3-1)20-14-21(15-20)19-12-11-18(13-19)16-9-5-6-10-16/h16-21H,1-15H2. The van der Waals surface area contributed by atoms with Gasteiger partial charge in [-0.2, -0.15) is 0 Å². The molecule has 4 rings (SSSR count). The van der Waals surface area contributed by atoms with E-state index < -0.39 is 0 Å². The minimum absolute atomic E-state index is 1.13. The Bertz CT molecular complexity index is 313. The molecule has 21 heavy (non-hydrogen) atoms. The lowest BCUT2D eigenvalue weighted by Gasteiger charge is -2.43. The summed E-state index contributed by atoms with van der Waals surface area (Å²) >= 11 is 0. The fourth-order valence-electron chi connectivity index (χ4n) is 6.60. The zero-order valence-corrected chi connectivity index (χ0v) is 14.1. The van der Waals surface area contributed by atoms with Crippen LogP contribution >= 0.6 is 0 Å². The normalized spacial score (nSPS) is 42.9. The molecule has 0 heteroatoms. The van der Waals surface area contributed by atoms with E-state index in [4.69, 9.17) is 0 Å². The second-order valence-corrected chi connectivity index (χ2v) is 9.12. The second-order valence-electron chi connectivity index (χ2n) is 9.12. The molecule has 4 fully saturated rings. The molecule has 4 saturated carbocycles. The van der Waals surface area contributed by atoms with Crippen molar-refractivity contribution in [2.45, 2.75) is 96.3 Å². The molecule has 0 radical (unpaired) electrons. The average Bonchev–Trinajstić information content (AvgIpc) is 3.05. The van der Waals surface area contributed by atoms with Gasteiger partial charge >= 0.3 is 0 Å². The first-order valence-electron chi connectivity index (χ1n) is 10.4. The van der Waals surface area contributed by atoms with Gasteiger partial charge in [-0.1, -0.05) is 64.2 Å². The van der Waals surface area contributed by atoms with Crippen molar-refractivity contribution in [1.82, 2.24) is 0 Å². The highest BCUT2D eigenvalue weighted by Gasteiger charge is 2.42. The van der Waals surface area contributed by atoms with Crippen molar-refractivity contribution < 1.29 is 0 Å². The van der Waals surface area contributed by atoms with Gasteiger partial charge in [0.2, 0.25) is 0 Å². The highest BCUT2D eigenvalue weighted by Crippen LogP contribution is 2.53. The quantitative estimate of drug-likeness (QED) is 0.514. The number of hydrogen-bond acceptors (Lipinski definition) is 0. The zero-order valence-electron chi connectivity index (χ0n) is 14.1. The molecular formula is C21H36. The summed E-state index contributed by atoms with van der Waals surface area (Å²) in [6.07, 6.45) is 23.6. The molecular weight excluding hydrogens is 252 g/mol. The van der Waals surface area contributed by atoms with Crippen LogP contribution in [0.25, 0.3) is 0 Å². The maximum absolute atomic E-state index is 1.63. The Hall–Kier alpha value is 0. The van der Waals surface area contributed by atoms with Gasteiger partial charge in [-0.15, -0.1) is 0 Å². The van der Waals surface area contributed by atoms with Crippen LogP contribution in [0.1, 0.15) is 96.3 Å². The lowest BCUT2D eigenvalue weighted by atomic mass is 9.62. The highest BCUT2D eigenvalue weighted by molar-refractivity contribution is 4.93. The van der Waals surface area contributed by atoms with Gasteiger partial charge in [0.15, 0.2) is 0 Å². The molecule has 0 saturated heterocycles. The first kappa shape index (κ1) is 14.6. The van der Waals surface area contributed by atoms with E-state index in [9.17, 15) is 0 Å². The Morgan fingerprint density at radius 2 is 0.667 bits per heavy atom. The Morgan fingerprint density at radius 3 is 1.29 bits per heavy atom. The van der Waals surface area contributed by atoms with E-state index in [0.29, 0.717) is 0 Å². The Morgan fingerprint density at radius 1 is 0.286 bits per heavy atom. The van der Waals surface area contributed by atoms with Crippen molar-refractivity contribution in [3.05, 3.63) is 0 Å². The van der Waals surface area contributed by atoms with Crippen molar-refractivity contribution >= 4 is 0 Å². The fraction of sp³-hybridized carbons (Fsp3) is 1.00. The SMILES string of the molecule is C1CCCC(C2CC(C3CCC(C4CCCC4)C3)C2)CC1. The van der Waals surface area contributed by atoms with Gasteiger partial charge in [-0.05, 0) is 67.6 Å². The molecule has 0 nitrogen and oxygen atoms in total. The molecule has 0 bridgehead atoms. The molecule has 4 aliphatic rings. The summed E-state index contributed by atoms with van der Waals surface area (Å²) in [5, 5.41) is 0. The van der Waals surface area contributed by atoms with E-state index in [1.165, 1.54) is 12.8 Å². The fourth-order valence-corrected chi connectivity index (χ4v) is 6.60. The molecule has 0 aromatic rings. The lowest BCUT2D eigenvalue weighted by Crippen LogP contribution is -2.34. The smallest absolute Gasteiger partial charge is 0.0380 e. The lowest BCUT2D eigenvalue weighted by molar-refractivity contribution is 0.0675. The third-order valence-electron chi connectivity index (χ3n) is 8.02. The molecule has 0 heterocycles. The number of rotatable bonds is 3. The van der Waals surface area contributed by atoms with Crippen LogP contribution < -0.4 is 0 Å². The van der Waals surface area contributed by atoms with E-state index in [2.05, 4.69) is 0 Å². The van der Waals surface area contributed by atoms with Crippen molar-refractivity contribution in [2.75, 3.05) is 0 Å².